The number of carboxylic acids is 1. The minimum Gasteiger partial charge on any atom is -0.480 e. The quantitative estimate of drug-likeness (QED) is 0.868. The lowest BCUT2D eigenvalue weighted by Crippen LogP contribution is -2.41. The highest BCUT2D eigenvalue weighted by atomic mass is 16.6. The van der Waals surface area contributed by atoms with Crippen LogP contribution >= 0.6 is 0 Å². The molecule has 6 nitrogen and oxygen atoms in total. The lowest BCUT2D eigenvalue weighted by molar-refractivity contribution is -0.138. The number of likely N-dealkylation sites (tertiary alicyclic amines) is 1. The predicted octanol–water partition coefficient (Wildman–Crippen LogP) is 1.80. The molecule has 0 bridgehead atoms. The smallest absolute Gasteiger partial charge is 0.410 e. The van der Waals surface area contributed by atoms with Crippen molar-refractivity contribution in [1.29, 1.82) is 0 Å². The zero-order valence-corrected chi connectivity index (χ0v) is 12.8. The first kappa shape index (κ1) is 16.3. The molecule has 0 aliphatic carbocycles. The molecule has 1 aliphatic heterocycles. The van der Waals surface area contributed by atoms with Crippen molar-refractivity contribution in [2.45, 2.75) is 26.0 Å². The first-order valence-electron chi connectivity index (χ1n) is 7.51. The largest absolute Gasteiger partial charge is 0.480 e. The number of nitrogens with zero attached hydrogens (tertiary/aromatic N) is 2. The van der Waals surface area contributed by atoms with E-state index in [0.29, 0.717) is 19.6 Å². The number of aliphatic carboxylic acids is 1. The van der Waals surface area contributed by atoms with Gasteiger partial charge < -0.3 is 14.7 Å². The summed E-state index contributed by atoms with van der Waals surface area (Å²) in [5, 5.41) is 8.91. The monoisotopic (exact) mass is 306 g/mol. The van der Waals surface area contributed by atoms with E-state index < -0.39 is 5.97 Å². The Morgan fingerprint density at radius 1 is 1.36 bits per heavy atom. The molecule has 1 aromatic rings. The maximum absolute atomic E-state index is 12.1. The van der Waals surface area contributed by atoms with Gasteiger partial charge in [-0.2, -0.15) is 0 Å². The summed E-state index contributed by atoms with van der Waals surface area (Å²) in [6.45, 7) is 3.98. The second kappa shape index (κ2) is 7.79. The van der Waals surface area contributed by atoms with Crippen molar-refractivity contribution in [1.82, 2.24) is 9.80 Å². The van der Waals surface area contributed by atoms with Gasteiger partial charge in [-0.15, -0.1) is 0 Å². The van der Waals surface area contributed by atoms with E-state index >= 15 is 0 Å². The third-order valence-electron chi connectivity index (χ3n) is 3.89. The summed E-state index contributed by atoms with van der Waals surface area (Å²) in [6.07, 6.45) is 0.444. The lowest BCUT2D eigenvalue weighted by atomic mass is 10.2. The maximum Gasteiger partial charge on any atom is 0.410 e. The van der Waals surface area contributed by atoms with Gasteiger partial charge in [-0.05, 0) is 18.5 Å². The Morgan fingerprint density at radius 3 is 2.73 bits per heavy atom. The van der Waals surface area contributed by atoms with Gasteiger partial charge in [0.25, 0.3) is 0 Å². The van der Waals surface area contributed by atoms with Crippen LogP contribution in [-0.2, 0) is 16.1 Å². The predicted molar refractivity (Wildman–Crippen MR) is 81.5 cm³/mol. The Morgan fingerprint density at radius 2 is 2.09 bits per heavy atom. The van der Waals surface area contributed by atoms with Gasteiger partial charge >= 0.3 is 12.1 Å². The molecular weight excluding hydrogens is 284 g/mol. The van der Waals surface area contributed by atoms with Crippen LogP contribution < -0.4 is 0 Å². The van der Waals surface area contributed by atoms with Crippen molar-refractivity contribution >= 4 is 12.1 Å². The second-order valence-electron chi connectivity index (χ2n) is 5.39. The van der Waals surface area contributed by atoms with Crippen LogP contribution in [0.25, 0.3) is 0 Å². The van der Waals surface area contributed by atoms with Crippen LogP contribution in [0.5, 0.6) is 0 Å². The third kappa shape index (κ3) is 4.46. The van der Waals surface area contributed by atoms with E-state index in [1.807, 2.05) is 42.2 Å². The minimum atomic E-state index is -0.841. The number of benzene rings is 1. The number of likely N-dealkylation sites (N-methyl/N-ethyl adjacent to an activating group) is 1. The zero-order valence-electron chi connectivity index (χ0n) is 12.8. The molecule has 0 radical (unpaired) electrons. The average Bonchev–Trinajstić information content (AvgIpc) is 3.01. The topological polar surface area (TPSA) is 70.1 Å². The Balaban J connectivity index is 1.81. The zero-order chi connectivity index (χ0) is 15.9. The molecule has 1 heterocycles. The fourth-order valence-electron chi connectivity index (χ4n) is 2.69. The number of hydrogen-bond donors (Lipinski definition) is 1. The maximum atomic E-state index is 12.1. The van der Waals surface area contributed by atoms with Gasteiger partial charge in [-0.25, -0.2) is 4.79 Å². The molecule has 22 heavy (non-hydrogen) atoms. The summed E-state index contributed by atoms with van der Waals surface area (Å²) in [5.41, 5.74) is 0.952. The molecule has 0 spiro atoms. The molecule has 120 valence electrons. The van der Waals surface area contributed by atoms with Crippen LogP contribution in [0.15, 0.2) is 30.3 Å². The molecule has 1 aliphatic rings. The number of amides is 1. The number of carboxylic acid groups (broad SMARTS) is 1. The molecular formula is C16H22N2O4. The summed E-state index contributed by atoms with van der Waals surface area (Å²) in [7, 11) is 0. The number of rotatable bonds is 6. The SMILES string of the molecule is CCN(CC(=O)O)[C@@H]1CCN(C(=O)OCc2ccccc2)C1. The fraction of sp³-hybridized carbons (Fsp3) is 0.500. The van der Waals surface area contributed by atoms with Gasteiger partial charge in [0.15, 0.2) is 0 Å². The molecule has 1 N–H and O–H groups in total. The van der Waals surface area contributed by atoms with Crippen molar-refractivity contribution in [3.8, 4) is 0 Å². The number of hydrogen-bond acceptors (Lipinski definition) is 4. The van der Waals surface area contributed by atoms with Crippen LogP contribution in [-0.4, -0.2) is 59.2 Å². The Hall–Kier alpha value is -2.08. The van der Waals surface area contributed by atoms with E-state index in [0.717, 1.165) is 12.0 Å². The summed E-state index contributed by atoms with van der Waals surface area (Å²) in [5.74, 6) is -0.841. The summed E-state index contributed by atoms with van der Waals surface area (Å²) >= 11 is 0. The first-order chi connectivity index (χ1) is 10.6. The summed E-state index contributed by atoms with van der Waals surface area (Å²) < 4.78 is 5.31. The van der Waals surface area contributed by atoms with E-state index in [1.165, 1.54) is 0 Å². The minimum absolute atomic E-state index is 0.00801. The summed E-state index contributed by atoms with van der Waals surface area (Å²) in [6, 6.07) is 9.63. The molecule has 1 fully saturated rings. The van der Waals surface area contributed by atoms with Crippen LogP contribution in [0, 0.1) is 0 Å². The molecule has 2 rings (SSSR count). The highest BCUT2D eigenvalue weighted by Crippen LogP contribution is 2.17. The van der Waals surface area contributed by atoms with Gasteiger partial charge in [-0.1, -0.05) is 37.3 Å². The molecule has 1 amide bonds. The molecule has 1 saturated heterocycles. The Bertz CT molecular complexity index is 506. The standard InChI is InChI=1S/C16H22N2O4/c1-2-17(11-15(19)20)14-8-9-18(10-14)16(21)22-12-13-6-4-3-5-7-13/h3-7,14H,2,8-12H2,1H3,(H,19,20)/t14-/m1/s1. The lowest BCUT2D eigenvalue weighted by Gasteiger charge is -2.25. The van der Waals surface area contributed by atoms with Crippen molar-refractivity contribution in [2.24, 2.45) is 0 Å². The Kier molecular flexibility index (Phi) is 5.77. The van der Waals surface area contributed by atoms with E-state index in [1.54, 1.807) is 4.90 Å². The van der Waals surface area contributed by atoms with Crippen molar-refractivity contribution in [3.63, 3.8) is 0 Å². The summed E-state index contributed by atoms with van der Waals surface area (Å²) in [4.78, 5) is 26.5. The number of ether oxygens (including phenoxy) is 1. The van der Waals surface area contributed by atoms with Gasteiger partial charge in [0.1, 0.15) is 6.61 Å². The van der Waals surface area contributed by atoms with Gasteiger partial charge in [0.2, 0.25) is 0 Å². The Labute approximate surface area is 130 Å². The molecule has 0 aromatic heterocycles. The first-order valence-corrected chi connectivity index (χ1v) is 7.51. The van der Waals surface area contributed by atoms with E-state index in [9.17, 15) is 9.59 Å². The molecule has 1 aromatic carbocycles. The second-order valence-corrected chi connectivity index (χ2v) is 5.39. The number of carbonyl (C=O) groups excluding carboxylic acids is 1. The van der Waals surface area contributed by atoms with Crippen LogP contribution in [0.2, 0.25) is 0 Å². The van der Waals surface area contributed by atoms with Crippen molar-refractivity contribution in [3.05, 3.63) is 35.9 Å². The van der Waals surface area contributed by atoms with E-state index in [4.69, 9.17) is 9.84 Å². The van der Waals surface area contributed by atoms with Crippen LogP contribution in [0.3, 0.4) is 0 Å². The number of carbonyl (C=O) groups is 2. The normalized spacial score (nSPS) is 17.7. The van der Waals surface area contributed by atoms with Crippen molar-refractivity contribution in [2.75, 3.05) is 26.2 Å². The fourth-order valence-corrected chi connectivity index (χ4v) is 2.69. The van der Waals surface area contributed by atoms with E-state index in [-0.39, 0.29) is 25.3 Å². The van der Waals surface area contributed by atoms with Crippen LogP contribution in [0.4, 0.5) is 4.79 Å². The molecule has 1 atom stereocenters. The van der Waals surface area contributed by atoms with Gasteiger partial charge in [0.05, 0.1) is 6.54 Å². The highest BCUT2D eigenvalue weighted by molar-refractivity contribution is 5.69. The average molecular weight is 306 g/mol. The van der Waals surface area contributed by atoms with E-state index in [2.05, 4.69) is 0 Å². The third-order valence-corrected chi connectivity index (χ3v) is 3.89. The van der Waals surface area contributed by atoms with Gasteiger partial charge in [0, 0.05) is 19.1 Å². The van der Waals surface area contributed by atoms with Crippen molar-refractivity contribution < 1.29 is 19.4 Å². The van der Waals surface area contributed by atoms with Gasteiger partial charge in [-0.3, -0.25) is 9.69 Å². The van der Waals surface area contributed by atoms with Crippen LogP contribution in [0.1, 0.15) is 18.9 Å². The molecule has 0 saturated carbocycles. The molecule has 6 heteroatoms. The highest BCUT2D eigenvalue weighted by Gasteiger charge is 2.31. The molecule has 0 unspecified atom stereocenters.